The smallest absolute Gasteiger partial charge is 0.280 e. The lowest BCUT2D eigenvalue weighted by Crippen LogP contribution is -2.40. The molecule has 1 unspecified atom stereocenters. The van der Waals surface area contributed by atoms with Crippen LogP contribution in [0.1, 0.15) is 25.7 Å². The second-order valence-electron chi connectivity index (χ2n) is 5.52. The summed E-state index contributed by atoms with van der Waals surface area (Å²) in [5.41, 5.74) is 0.425. The zero-order valence-corrected chi connectivity index (χ0v) is 11.9. The fourth-order valence-corrected chi connectivity index (χ4v) is 3.12. The molecule has 0 spiro atoms. The number of rotatable bonds is 4. The van der Waals surface area contributed by atoms with Crippen molar-refractivity contribution in [2.24, 2.45) is 13.0 Å². The molecule has 0 saturated heterocycles. The number of hydrogen-bond donors (Lipinski definition) is 1. The van der Waals surface area contributed by atoms with Crippen LogP contribution in [0.4, 0.5) is 0 Å². The minimum atomic E-state index is -0.110. The van der Waals surface area contributed by atoms with Crippen molar-refractivity contribution < 1.29 is 0 Å². The van der Waals surface area contributed by atoms with E-state index < -0.39 is 0 Å². The van der Waals surface area contributed by atoms with Gasteiger partial charge in [-0.1, -0.05) is 18.1 Å². The lowest BCUT2D eigenvalue weighted by atomic mass is 9.98. The average Bonchev–Trinajstić information content (AvgIpc) is 3.09. The van der Waals surface area contributed by atoms with E-state index in [0.29, 0.717) is 23.5 Å². The van der Waals surface area contributed by atoms with E-state index in [2.05, 4.69) is 20.7 Å². The van der Waals surface area contributed by atoms with E-state index >= 15 is 0 Å². The summed E-state index contributed by atoms with van der Waals surface area (Å²) in [5.74, 6) is 0.623. The average molecular weight is 276 g/mol. The van der Waals surface area contributed by atoms with Gasteiger partial charge in [-0.15, -0.1) is 5.10 Å². The van der Waals surface area contributed by atoms with E-state index in [1.54, 1.807) is 17.9 Å². The van der Waals surface area contributed by atoms with Gasteiger partial charge in [-0.25, -0.2) is 9.36 Å². The van der Waals surface area contributed by atoms with Crippen LogP contribution in [0.25, 0.3) is 11.0 Å². The van der Waals surface area contributed by atoms with Crippen LogP contribution in [0.2, 0.25) is 0 Å². The van der Waals surface area contributed by atoms with E-state index in [0.717, 1.165) is 0 Å². The number of likely N-dealkylation sites (N-methyl/N-ethyl adjacent to an activating group) is 1. The second-order valence-corrected chi connectivity index (χ2v) is 5.52. The monoisotopic (exact) mass is 276 g/mol. The second kappa shape index (κ2) is 5.32. The van der Waals surface area contributed by atoms with E-state index in [9.17, 15) is 4.79 Å². The molecular formula is C13H20N6O. The minimum absolute atomic E-state index is 0.110. The van der Waals surface area contributed by atoms with Crippen LogP contribution in [0.5, 0.6) is 0 Å². The number of aryl methyl sites for hydroxylation is 1. The van der Waals surface area contributed by atoms with Gasteiger partial charge in [0.15, 0.2) is 5.65 Å². The van der Waals surface area contributed by atoms with E-state index in [-0.39, 0.29) is 11.6 Å². The van der Waals surface area contributed by atoms with Crippen molar-refractivity contribution in [2.75, 3.05) is 7.05 Å². The first-order valence-electron chi connectivity index (χ1n) is 7.13. The van der Waals surface area contributed by atoms with Gasteiger partial charge in [0.05, 0.1) is 12.7 Å². The molecular weight excluding hydrogens is 256 g/mol. The molecule has 1 aliphatic carbocycles. The number of aromatic nitrogens is 5. The predicted molar refractivity (Wildman–Crippen MR) is 75.4 cm³/mol. The van der Waals surface area contributed by atoms with Gasteiger partial charge in [0.2, 0.25) is 0 Å². The summed E-state index contributed by atoms with van der Waals surface area (Å²) < 4.78 is 3.03. The molecule has 0 radical (unpaired) electrons. The van der Waals surface area contributed by atoms with E-state index in [1.807, 2.05) is 7.05 Å². The van der Waals surface area contributed by atoms with Gasteiger partial charge in [0.1, 0.15) is 5.39 Å². The lowest BCUT2D eigenvalue weighted by molar-refractivity contribution is 0.319. The van der Waals surface area contributed by atoms with Crippen molar-refractivity contribution in [3.05, 3.63) is 16.6 Å². The summed E-state index contributed by atoms with van der Waals surface area (Å²) >= 11 is 0. The summed E-state index contributed by atoms with van der Waals surface area (Å²) in [7, 11) is 3.71. The molecule has 3 rings (SSSR count). The third-order valence-corrected chi connectivity index (χ3v) is 4.33. The van der Waals surface area contributed by atoms with Gasteiger partial charge >= 0.3 is 0 Å². The van der Waals surface area contributed by atoms with Crippen molar-refractivity contribution in [1.29, 1.82) is 0 Å². The number of hydrogen-bond acceptors (Lipinski definition) is 5. The quantitative estimate of drug-likeness (QED) is 0.869. The van der Waals surface area contributed by atoms with Gasteiger partial charge in [-0.2, -0.15) is 5.10 Å². The number of fused-ring (bicyclic) bond motifs is 1. The summed E-state index contributed by atoms with van der Waals surface area (Å²) in [6.45, 7) is 0.567. The molecule has 0 bridgehead atoms. The Morgan fingerprint density at radius 1 is 1.45 bits per heavy atom. The van der Waals surface area contributed by atoms with E-state index in [4.69, 9.17) is 0 Å². The van der Waals surface area contributed by atoms with Crippen LogP contribution in [-0.2, 0) is 13.6 Å². The standard InChI is InChI=1S/C13H20N6O/c1-14-11(9-5-3-4-6-9)8-19-13(20)10-7-15-18(2)12(10)16-17-19/h7,9,11,14H,3-6,8H2,1-2H3. The Morgan fingerprint density at radius 3 is 2.90 bits per heavy atom. The van der Waals surface area contributed by atoms with Crippen LogP contribution in [0, 0.1) is 5.92 Å². The number of nitrogens with zero attached hydrogens (tertiary/aromatic N) is 5. The predicted octanol–water partition coefficient (Wildman–Crippen LogP) is 0.303. The highest BCUT2D eigenvalue weighted by Crippen LogP contribution is 2.28. The minimum Gasteiger partial charge on any atom is -0.315 e. The summed E-state index contributed by atoms with van der Waals surface area (Å²) in [4.78, 5) is 12.4. The normalized spacial score (nSPS) is 17.9. The highest BCUT2D eigenvalue weighted by molar-refractivity contribution is 5.72. The molecule has 1 N–H and O–H groups in total. The molecule has 7 heteroatoms. The van der Waals surface area contributed by atoms with Crippen molar-refractivity contribution in [3.63, 3.8) is 0 Å². The molecule has 20 heavy (non-hydrogen) atoms. The van der Waals surface area contributed by atoms with E-state index in [1.165, 1.54) is 30.4 Å². The zero-order valence-electron chi connectivity index (χ0n) is 11.9. The largest absolute Gasteiger partial charge is 0.315 e. The van der Waals surface area contributed by atoms with Crippen molar-refractivity contribution in [3.8, 4) is 0 Å². The molecule has 108 valence electrons. The third kappa shape index (κ3) is 2.22. The third-order valence-electron chi connectivity index (χ3n) is 4.33. The highest BCUT2D eigenvalue weighted by Gasteiger charge is 2.25. The Balaban J connectivity index is 1.89. The van der Waals surface area contributed by atoms with Gasteiger partial charge in [-0.3, -0.25) is 4.79 Å². The first kappa shape index (κ1) is 13.2. The van der Waals surface area contributed by atoms with Crippen molar-refractivity contribution >= 4 is 11.0 Å². The maximum atomic E-state index is 12.4. The summed E-state index contributed by atoms with van der Waals surface area (Å²) in [6, 6.07) is 0.277. The fraction of sp³-hybridized carbons (Fsp3) is 0.692. The molecule has 1 aliphatic rings. The van der Waals surface area contributed by atoms with Crippen LogP contribution < -0.4 is 10.9 Å². The Kier molecular flexibility index (Phi) is 3.52. The van der Waals surface area contributed by atoms with Crippen LogP contribution >= 0.6 is 0 Å². The molecule has 2 heterocycles. The molecule has 1 saturated carbocycles. The lowest BCUT2D eigenvalue weighted by Gasteiger charge is -2.22. The first-order valence-corrected chi connectivity index (χ1v) is 7.13. The van der Waals surface area contributed by atoms with Crippen LogP contribution in [0.15, 0.2) is 11.0 Å². The Bertz CT molecular complexity index is 654. The molecule has 2 aromatic heterocycles. The highest BCUT2D eigenvalue weighted by atomic mass is 16.1. The molecule has 7 nitrogen and oxygen atoms in total. The van der Waals surface area contributed by atoms with Gasteiger partial charge < -0.3 is 5.32 Å². The molecule has 2 aromatic rings. The van der Waals surface area contributed by atoms with Crippen LogP contribution in [0.3, 0.4) is 0 Å². The Morgan fingerprint density at radius 2 is 2.20 bits per heavy atom. The Labute approximate surface area is 117 Å². The zero-order chi connectivity index (χ0) is 14.1. The molecule has 1 fully saturated rings. The first-order chi connectivity index (χ1) is 9.70. The summed E-state index contributed by atoms with van der Waals surface area (Å²) in [5, 5.41) is 16.1. The maximum absolute atomic E-state index is 12.4. The van der Waals surface area contributed by atoms with Gasteiger partial charge in [0, 0.05) is 13.1 Å². The molecule has 0 aliphatic heterocycles. The maximum Gasteiger partial charge on any atom is 0.280 e. The Hall–Kier alpha value is -1.76. The van der Waals surface area contributed by atoms with Crippen molar-refractivity contribution in [2.45, 2.75) is 38.3 Å². The van der Waals surface area contributed by atoms with Crippen LogP contribution in [-0.4, -0.2) is 37.9 Å². The molecule has 0 amide bonds. The van der Waals surface area contributed by atoms with Crippen molar-refractivity contribution in [1.82, 2.24) is 30.1 Å². The fourth-order valence-electron chi connectivity index (χ4n) is 3.12. The number of nitrogens with one attached hydrogen (secondary N) is 1. The van der Waals surface area contributed by atoms with Gasteiger partial charge in [-0.05, 0) is 25.8 Å². The molecule has 0 aromatic carbocycles. The summed E-state index contributed by atoms with van der Waals surface area (Å²) in [6.07, 6.45) is 6.58. The van der Waals surface area contributed by atoms with Gasteiger partial charge in [0.25, 0.3) is 5.56 Å². The SMILES string of the molecule is CNC(Cn1nnc2c(cnn2C)c1=O)C1CCCC1. The topological polar surface area (TPSA) is 77.6 Å². The molecule has 1 atom stereocenters.